The van der Waals surface area contributed by atoms with E-state index in [0.717, 1.165) is 23.4 Å². The van der Waals surface area contributed by atoms with Crippen molar-refractivity contribution in [1.82, 2.24) is 5.32 Å². The highest BCUT2D eigenvalue weighted by Crippen LogP contribution is 2.28. The van der Waals surface area contributed by atoms with Gasteiger partial charge in [-0.1, -0.05) is 53.7 Å². The van der Waals surface area contributed by atoms with Gasteiger partial charge in [-0.05, 0) is 30.0 Å². The van der Waals surface area contributed by atoms with Crippen LogP contribution in [0.15, 0.2) is 28.7 Å². The minimum Gasteiger partial charge on any atom is -0.392 e. The second-order valence-corrected chi connectivity index (χ2v) is 6.22. The summed E-state index contributed by atoms with van der Waals surface area (Å²) < 4.78 is 1.10. The van der Waals surface area contributed by atoms with Gasteiger partial charge in [0.1, 0.15) is 0 Å². The number of benzene rings is 1. The normalized spacial score (nSPS) is 18.1. The zero-order chi connectivity index (χ0) is 12.8. The number of aliphatic hydroxyl groups excluding tert-OH is 1. The fourth-order valence-corrected chi connectivity index (χ4v) is 3.19. The molecule has 0 spiro atoms. The lowest BCUT2D eigenvalue weighted by Crippen LogP contribution is -2.27. The predicted octanol–water partition coefficient (Wildman–Crippen LogP) is 3.48. The summed E-state index contributed by atoms with van der Waals surface area (Å²) in [4.78, 5) is 0. The van der Waals surface area contributed by atoms with E-state index in [2.05, 4.69) is 33.4 Å². The number of halogens is 1. The summed E-state index contributed by atoms with van der Waals surface area (Å²) in [6.07, 6.45) is 6.09. The van der Waals surface area contributed by atoms with Gasteiger partial charge >= 0.3 is 0 Å². The highest BCUT2D eigenvalue weighted by atomic mass is 79.9. The third-order valence-corrected chi connectivity index (χ3v) is 4.17. The van der Waals surface area contributed by atoms with Crippen LogP contribution in [0.2, 0.25) is 0 Å². The second-order valence-electron chi connectivity index (χ2n) is 5.30. The Bertz CT molecular complexity index is 363. The summed E-state index contributed by atoms with van der Waals surface area (Å²) in [6, 6.07) is 8.27. The fourth-order valence-electron chi connectivity index (χ4n) is 2.74. The third-order valence-electron chi connectivity index (χ3n) is 3.68. The third kappa shape index (κ3) is 4.71. The fraction of sp³-hybridized carbons (Fsp3) is 0.600. The molecule has 3 heteroatoms. The molecule has 2 N–H and O–H groups in total. The first-order valence-electron chi connectivity index (χ1n) is 6.87. The highest BCUT2D eigenvalue weighted by Gasteiger charge is 2.18. The van der Waals surface area contributed by atoms with Crippen LogP contribution in [0.4, 0.5) is 0 Å². The van der Waals surface area contributed by atoms with E-state index in [1.165, 1.54) is 31.2 Å². The van der Waals surface area contributed by atoms with Crippen molar-refractivity contribution in [2.75, 3.05) is 6.54 Å². The first-order chi connectivity index (χ1) is 8.74. The van der Waals surface area contributed by atoms with Gasteiger partial charge in [0.15, 0.2) is 0 Å². The van der Waals surface area contributed by atoms with E-state index >= 15 is 0 Å². The van der Waals surface area contributed by atoms with Crippen LogP contribution < -0.4 is 5.32 Å². The molecular weight excluding hydrogens is 290 g/mol. The Morgan fingerprint density at radius 2 is 2.11 bits per heavy atom. The molecular formula is C15H22BrNO. The maximum atomic E-state index is 9.97. The van der Waals surface area contributed by atoms with Crippen LogP contribution in [0.1, 0.15) is 37.7 Å². The number of nitrogens with one attached hydrogen (secondary N) is 1. The quantitative estimate of drug-likeness (QED) is 0.843. The van der Waals surface area contributed by atoms with Gasteiger partial charge in [0.2, 0.25) is 0 Å². The van der Waals surface area contributed by atoms with Gasteiger partial charge < -0.3 is 10.4 Å². The van der Waals surface area contributed by atoms with Crippen LogP contribution in [-0.4, -0.2) is 17.8 Å². The molecule has 1 aliphatic rings. The van der Waals surface area contributed by atoms with Crippen molar-refractivity contribution < 1.29 is 5.11 Å². The summed E-state index contributed by atoms with van der Waals surface area (Å²) in [5.41, 5.74) is 1.25. The molecule has 100 valence electrons. The van der Waals surface area contributed by atoms with E-state index in [1.54, 1.807) is 0 Å². The SMILES string of the molecule is OC(CNCc1cccc(Br)c1)CC1CCCC1. The lowest BCUT2D eigenvalue weighted by atomic mass is 10.00. The summed E-state index contributed by atoms with van der Waals surface area (Å²) >= 11 is 3.46. The van der Waals surface area contributed by atoms with E-state index in [0.29, 0.717) is 6.54 Å². The monoisotopic (exact) mass is 311 g/mol. The van der Waals surface area contributed by atoms with Gasteiger partial charge in [-0.15, -0.1) is 0 Å². The summed E-state index contributed by atoms with van der Waals surface area (Å²) in [7, 11) is 0. The largest absolute Gasteiger partial charge is 0.392 e. The first-order valence-corrected chi connectivity index (χ1v) is 7.66. The van der Waals surface area contributed by atoms with E-state index in [-0.39, 0.29) is 6.10 Å². The Labute approximate surface area is 118 Å². The smallest absolute Gasteiger partial charge is 0.0667 e. The molecule has 1 aromatic carbocycles. The Hall–Kier alpha value is -0.380. The van der Waals surface area contributed by atoms with Crippen molar-refractivity contribution in [3.63, 3.8) is 0 Å². The average molecular weight is 312 g/mol. The zero-order valence-corrected chi connectivity index (χ0v) is 12.3. The highest BCUT2D eigenvalue weighted by molar-refractivity contribution is 9.10. The molecule has 1 atom stereocenters. The van der Waals surface area contributed by atoms with E-state index in [4.69, 9.17) is 0 Å². The minimum absolute atomic E-state index is 0.194. The molecule has 1 saturated carbocycles. The van der Waals surface area contributed by atoms with Crippen molar-refractivity contribution in [2.45, 2.75) is 44.8 Å². The van der Waals surface area contributed by atoms with Gasteiger partial charge in [0.25, 0.3) is 0 Å². The van der Waals surface area contributed by atoms with E-state index < -0.39 is 0 Å². The van der Waals surface area contributed by atoms with Crippen molar-refractivity contribution in [3.05, 3.63) is 34.3 Å². The molecule has 2 nitrogen and oxygen atoms in total. The summed E-state index contributed by atoms with van der Waals surface area (Å²) in [6.45, 7) is 1.52. The average Bonchev–Trinajstić information content (AvgIpc) is 2.82. The van der Waals surface area contributed by atoms with Crippen molar-refractivity contribution in [1.29, 1.82) is 0 Å². The van der Waals surface area contributed by atoms with Gasteiger partial charge in [-0.3, -0.25) is 0 Å². The molecule has 0 amide bonds. The lowest BCUT2D eigenvalue weighted by Gasteiger charge is -2.16. The Balaban J connectivity index is 1.65. The molecule has 2 rings (SSSR count). The molecule has 0 aromatic heterocycles. The van der Waals surface area contributed by atoms with Crippen LogP contribution in [0.3, 0.4) is 0 Å². The zero-order valence-electron chi connectivity index (χ0n) is 10.7. The lowest BCUT2D eigenvalue weighted by molar-refractivity contribution is 0.140. The number of aliphatic hydroxyl groups is 1. The van der Waals surface area contributed by atoms with Gasteiger partial charge in [0, 0.05) is 17.6 Å². The molecule has 0 aliphatic heterocycles. The Kier molecular flexibility index (Phi) is 5.67. The maximum absolute atomic E-state index is 9.97. The van der Waals surface area contributed by atoms with E-state index in [1.807, 2.05) is 12.1 Å². The molecule has 1 unspecified atom stereocenters. The predicted molar refractivity (Wildman–Crippen MR) is 78.4 cm³/mol. The van der Waals surface area contributed by atoms with Crippen molar-refractivity contribution in [3.8, 4) is 0 Å². The van der Waals surface area contributed by atoms with Gasteiger partial charge in [-0.25, -0.2) is 0 Å². The van der Waals surface area contributed by atoms with Gasteiger partial charge in [-0.2, -0.15) is 0 Å². The Morgan fingerprint density at radius 3 is 2.83 bits per heavy atom. The van der Waals surface area contributed by atoms with Gasteiger partial charge in [0.05, 0.1) is 6.10 Å². The molecule has 1 aromatic rings. The second kappa shape index (κ2) is 7.27. The number of hydrogen-bond acceptors (Lipinski definition) is 2. The van der Waals surface area contributed by atoms with Crippen LogP contribution >= 0.6 is 15.9 Å². The van der Waals surface area contributed by atoms with Crippen LogP contribution in [0, 0.1) is 5.92 Å². The maximum Gasteiger partial charge on any atom is 0.0667 e. The first kappa shape index (κ1) is 14.0. The summed E-state index contributed by atoms with van der Waals surface area (Å²) in [5.74, 6) is 0.757. The molecule has 18 heavy (non-hydrogen) atoms. The summed E-state index contributed by atoms with van der Waals surface area (Å²) in [5, 5.41) is 13.3. The molecule has 0 heterocycles. The van der Waals surface area contributed by atoms with Crippen LogP contribution in [0.25, 0.3) is 0 Å². The molecule has 1 fully saturated rings. The molecule has 0 bridgehead atoms. The Morgan fingerprint density at radius 1 is 1.33 bits per heavy atom. The van der Waals surface area contributed by atoms with E-state index in [9.17, 15) is 5.11 Å². The molecule has 0 saturated heterocycles. The van der Waals surface area contributed by atoms with Crippen LogP contribution in [-0.2, 0) is 6.54 Å². The van der Waals surface area contributed by atoms with Crippen LogP contribution in [0.5, 0.6) is 0 Å². The minimum atomic E-state index is -0.194. The van der Waals surface area contributed by atoms with Crippen molar-refractivity contribution >= 4 is 15.9 Å². The number of rotatable bonds is 6. The molecule has 1 aliphatic carbocycles. The number of hydrogen-bond donors (Lipinski definition) is 2. The topological polar surface area (TPSA) is 32.3 Å². The standard InChI is InChI=1S/C15H22BrNO/c16-14-7-3-6-13(8-14)10-17-11-15(18)9-12-4-1-2-5-12/h3,6-8,12,15,17-18H,1-2,4-5,9-11H2. The van der Waals surface area contributed by atoms with Crippen molar-refractivity contribution in [2.24, 2.45) is 5.92 Å². The molecule has 0 radical (unpaired) electrons.